The molecule has 3 atom stereocenters. The molecule has 136 valence electrons. The van der Waals surface area contributed by atoms with E-state index in [1.807, 2.05) is 25.1 Å². The van der Waals surface area contributed by atoms with Gasteiger partial charge in [0.15, 0.2) is 0 Å². The number of hydrogen-bond donors (Lipinski definition) is 1. The molecule has 5 heteroatoms. The van der Waals surface area contributed by atoms with E-state index in [4.69, 9.17) is 0 Å². The van der Waals surface area contributed by atoms with Crippen LogP contribution in [0.15, 0.2) is 66.7 Å². The highest BCUT2D eigenvalue weighted by Crippen LogP contribution is 2.40. The summed E-state index contributed by atoms with van der Waals surface area (Å²) in [5.41, 5.74) is 1.59. The number of benzene rings is 2. The molecule has 2 aliphatic rings. The van der Waals surface area contributed by atoms with Crippen molar-refractivity contribution in [1.82, 2.24) is 0 Å². The number of imide groups is 1. The van der Waals surface area contributed by atoms with Crippen LogP contribution in [0.2, 0.25) is 0 Å². The van der Waals surface area contributed by atoms with E-state index >= 15 is 0 Å². The fourth-order valence-corrected chi connectivity index (χ4v) is 3.92. The highest BCUT2D eigenvalue weighted by Gasteiger charge is 2.50. The van der Waals surface area contributed by atoms with Crippen molar-refractivity contribution in [2.45, 2.75) is 13.3 Å². The van der Waals surface area contributed by atoms with Gasteiger partial charge in [0.05, 0.1) is 17.5 Å². The lowest BCUT2D eigenvalue weighted by atomic mass is 9.78. The standard InChI is InChI=1S/C22H20N2O3/c1-14-7-5-12-18-19(14)22(27)24(21(18)26)17-11-6-10-16(13-17)23-20(25)15-8-3-2-4-9-15/h2-11,13-14,18-19H,12H2,1H3,(H,23,25)/t14-,18+,19+/m0/s1. The number of nitrogens with one attached hydrogen (secondary N) is 1. The summed E-state index contributed by atoms with van der Waals surface area (Å²) in [6, 6.07) is 15.8. The van der Waals surface area contributed by atoms with Crippen molar-refractivity contribution < 1.29 is 14.4 Å². The topological polar surface area (TPSA) is 66.5 Å². The SMILES string of the molecule is C[C@H]1C=CC[C@H]2C(=O)N(c3cccc(NC(=O)c4ccccc4)c3)C(=O)[C@H]12. The van der Waals surface area contributed by atoms with Gasteiger partial charge in [0.2, 0.25) is 11.8 Å². The first kappa shape index (κ1) is 17.2. The summed E-state index contributed by atoms with van der Waals surface area (Å²) in [6.07, 6.45) is 4.59. The fraction of sp³-hybridized carbons (Fsp3) is 0.227. The van der Waals surface area contributed by atoms with E-state index in [-0.39, 0.29) is 35.5 Å². The molecule has 4 rings (SSSR count). The quantitative estimate of drug-likeness (QED) is 0.671. The molecule has 2 aromatic carbocycles. The minimum Gasteiger partial charge on any atom is -0.322 e. The summed E-state index contributed by atoms with van der Waals surface area (Å²) in [5.74, 6) is -1.10. The zero-order valence-electron chi connectivity index (χ0n) is 15.0. The van der Waals surface area contributed by atoms with E-state index in [9.17, 15) is 14.4 Å². The van der Waals surface area contributed by atoms with E-state index in [1.54, 1.807) is 48.5 Å². The summed E-state index contributed by atoms with van der Waals surface area (Å²) >= 11 is 0. The summed E-state index contributed by atoms with van der Waals surface area (Å²) in [6.45, 7) is 1.97. The first-order valence-corrected chi connectivity index (χ1v) is 9.07. The van der Waals surface area contributed by atoms with Crippen LogP contribution < -0.4 is 10.2 Å². The first-order chi connectivity index (χ1) is 13.1. The Balaban J connectivity index is 1.59. The molecule has 0 unspecified atom stereocenters. The van der Waals surface area contributed by atoms with Gasteiger partial charge in [0.1, 0.15) is 0 Å². The van der Waals surface area contributed by atoms with Crippen LogP contribution in [0.4, 0.5) is 11.4 Å². The molecule has 0 saturated carbocycles. The molecule has 0 spiro atoms. The molecule has 27 heavy (non-hydrogen) atoms. The van der Waals surface area contributed by atoms with Crippen LogP contribution in [0.3, 0.4) is 0 Å². The summed E-state index contributed by atoms with van der Waals surface area (Å²) in [5, 5.41) is 2.82. The van der Waals surface area contributed by atoms with Crippen LogP contribution in [0.25, 0.3) is 0 Å². The Labute approximate surface area is 157 Å². The molecular weight excluding hydrogens is 340 g/mol. The molecular formula is C22H20N2O3. The average molecular weight is 360 g/mol. The number of carbonyl (C=O) groups is 3. The van der Waals surface area contributed by atoms with Gasteiger partial charge in [0.25, 0.3) is 5.91 Å². The fourth-order valence-electron chi connectivity index (χ4n) is 3.92. The maximum absolute atomic E-state index is 12.9. The lowest BCUT2D eigenvalue weighted by Crippen LogP contribution is -2.31. The number of hydrogen-bond acceptors (Lipinski definition) is 3. The van der Waals surface area contributed by atoms with Gasteiger partial charge in [-0.1, -0.05) is 43.3 Å². The molecule has 3 amide bonds. The second-order valence-electron chi connectivity index (χ2n) is 7.04. The van der Waals surface area contributed by atoms with Crippen molar-refractivity contribution in [3.05, 3.63) is 72.3 Å². The van der Waals surface area contributed by atoms with Crippen LogP contribution in [0.5, 0.6) is 0 Å². The Morgan fingerprint density at radius 1 is 1.04 bits per heavy atom. The van der Waals surface area contributed by atoms with Crippen molar-refractivity contribution in [3.8, 4) is 0 Å². The van der Waals surface area contributed by atoms with E-state index in [0.717, 1.165) is 0 Å². The predicted molar refractivity (Wildman–Crippen MR) is 103 cm³/mol. The number of anilines is 2. The molecule has 1 heterocycles. The van der Waals surface area contributed by atoms with E-state index in [1.165, 1.54) is 4.90 Å². The molecule has 0 bridgehead atoms. The maximum Gasteiger partial charge on any atom is 0.255 e. The van der Waals surface area contributed by atoms with Gasteiger partial charge in [-0.2, -0.15) is 0 Å². The van der Waals surface area contributed by atoms with Gasteiger partial charge in [-0.15, -0.1) is 0 Å². The molecule has 1 aliphatic heterocycles. The first-order valence-electron chi connectivity index (χ1n) is 9.07. The van der Waals surface area contributed by atoms with Crippen LogP contribution in [0.1, 0.15) is 23.7 Å². The number of allylic oxidation sites excluding steroid dienone is 2. The number of amides is 3. The number of carbonyl (C=O) groups excluding carboxylic acids is 3. The highest BCUT2D eigenvalue weighted by atomic mass is 16.2. The van der Waals surface area contributed by atoms with E-state index in [2.05, 4.69) is 5.32 Å². The van der Waals surface area contributed by atoms with Crippen molar-refractivity contribution in [2.75, 3.05) is 10.2 Å². The van der Waals surface area contributed by atoms with Gasteiger partial charge in [-0.05, 0) is 42.7 Å². The lowest BCUT2D eigenvalue weighted by Gasteiger charge is -2.22. The van der Waals surface area contributed by atoms with Crippen LogP contribution in [-0.4, -0.2) is 17.7 Å². The second-order valence-corrected chi connectivity index (χ2v) is 7.04. The number of fused-ring (bicyclic) bond motifs is 1. The molecule has 1 N–H and O–H groups in total. The van der Waals surface area contributed by atoms with Crippen molar-refractivity contribution in [1.29, 1.82) is 0 Å². The third-order valence-corrected chi connectivity index (χ3v) is 5.27. The molecule has 2 aromatic rings. The monoisotopic (exact) mass is 360 g/mol. The normalized spacial score (nSPS) is 24.0. The van der Waals surface area contributed by atoms with Crippen LogP contribution in [-0.2, 0) is 9.59 Å². The number of rotatable bonds is 3. The van der Waals surface area contributed by atoms with Gasteiger partial charge in [-0.3, -0.25) is 14.4 Å². The largest absolute Gasteiger partial charge is 0.322 e. The van der Waals surface area contributed by atoms with Crippen molar-refractivity contribution in [2.24, 2.45) is 17.8 Å². The minimum absolute atomic E-state index is 0.0474. The summed E-state index contributed by atoms with van der Waals surface area (Å²) in [7, 11) is 0. The second kappa shape index (κ2) is 6.83. The third-order valence-electron chi connectivity index (χ3n) is 5.27. The molecule has 1 saturated heterocycles. The predicted octanol–water partition coefficient (Wildman–Crippen LogP) is 3.64. The van der Waals surface area contributed by atoms with E-state index < -0.39 is 0 Å². The molecule has 0 radical (unpaired) electrons. The maximum atomic E-state index is 12.9. The van der Waals surface area contributed by atoms with Gasteiger partial charge in [0, 0.05) is 11.3 Å². The van der Waals surface area contributed by atoms with Crippen LogP contribution in [0, 0.1) is 17.8 Å². The van der Waals surface area contributed by atoms with Gasteiger partial charge in [-0.25, -0.2) is 4.90 Å². The third kappa shape index (κ3) is 3.05. The zero-order chi connectivity index (χ0) is 19.0. The summed E-state index contributed by atoms with van der Waals surface area (Å²) < 4.78 is 0. The van der Waals surface area contributed by atoms with Crippen LogP contribution >= 0.6 is 0 Å². The molecule has 0 aromatic heterocycles. The molecule has 5 nitrogen and oxygen atoms in total. The molecule has 1 aliphatic carbocycles. The molecule has 1 fully saturated rings. The van der Waals surface area contributed by atoms with E-state index in [0.29, 0.717) is 23.4 Å². The van der Waals surface area contributed by atoms with Crippen molar-refractivity contribution in [3.63, 3.8) is 0 Å². The Kier molecular flexibility index (Phi) is 4.36. The lowest BCUT2D eigenvalue weighted by molar-refractivity contribution is -0.122. The average Bonchev–Trinajstić information content (AvgIpc) is 2.94. The minimum atomic E-state index is -0.301. The zero-order valence-corrected chi connectivity index (χ0v) is 15.0. The van der Waals surface area contributed by atoms with Crippen molar-refractivity contribution >= 4 is 29.1 Å². The Morgan fingerprint density at radius 3 is 2.56 bits per heavy atom. The smallest absolute Gasteiger partial charge is 0.255 e. The highest BCUT2D eigenvalue weighted by molar-refractivity contribution is 6.22. The summed E-state index contributed by atoms with van der Waals surface area (Å²) in [4.78, 5) is 39.4. The Bertz CT molecular complexity index is 936. The van der Waals surface area contributed by atoms with Gasteiger partial charge < -0.3 is 5.32 Å². The van der Waals surface area contributed by atoms with Gasteiger partial charge >= 0.3 is 0 Å². The Morgan fingerprint density at radius 2 is 1.81 bits per heavy atom. The number of nitrogens with zero attached hydrogens (tertiary/aromatic N) is 1. The Hall–Kier alpha value is -3.21.